The first kappa shape index (κ1) is 19.0. The van der Waals surface area contributed by atoms with Gasteiger partial charge in [-0.3, -0.25) is 9.78 Å². The Labute approximate surface area is 165 Å². The van der Waals surface area contributed by atoms with E-state index in [0.29, 0.717) is 30.2 Å². The van der Waals surface area contributed by atoms with Crippen molar-refractivity contribution in [2.45, 2.75) is 31.4 Å². The molecule has 3 heterocycles. The van der Waals surface area contributed by atoms with Crippen molar-refractivity contribution < 1.29 is 4.74 Å². The standard InChI is InChI=1S/C21H29N5O2/c1-25(2)21(8-10-26(3)11-9-21)14-22-20-23-17-13-28-18-7-5-4-6-15(18)12-16(17)19(27)24-20/h4-7H,8-14H2,1-3H3,(H2,22,23,24,27). The van der Waals surface area contributed by atoms with Crippen molar-refractivity contribution in [1.29, 1.82) is 0 Å². The molecule has 0 radical (unpaired) electrons. The van der Waals surface area contributed by atoms with Crippen LogP contribution < -0.4 is 15.6 Å². The molecule has 0 unspecified atom stereocenters. The molecule has 2 aliphatic heterocycles. The Morgan fingerprint density at radius 1 is 1.29 bits per heavy atom. The number of ether oxygens (including phenoxy) is 1. The average molecular weight is 383 g/mol. The molecule has 2 aliphatic rings. The van der Waals surface area contributed by atoms with Gasteiger partial charge in [0.25, 0.3) is 5.56 Å². The zero-order chi connectivity index (χ0) is 19.7. The summed E-state index contributed by atoms with van der Waals surface area (Å²) in [5.41, 5.74) is 2.40. The van der Waals surface area contributed by atoms with Gasteiger partial charge < -0.3 is 19.9 Å². The number of para-hydroxylation sites is 1. The number of likely N-dealkylation sites (tertiary alicyclic amines) is 1. The maximum absolute atomic E-state index is 12.7. The first-order valence-corrected chi connectivity index (χ1v) is 9.89. The molecular weight excluding hydrogens is 354 g/mol. The Balaban J connectivity index is 1.54. The molecule has 1 aromatic carbocycles. The number of benzene rings is 1. The topological polar surface area (TPSA) is 73.5 Å². The monoisotopic (exact) mass is 383 g/mol. The number of anilines is 1. The molecule has 7 heteroatoms. The Morgan fingerprint density at radius 3 is 2.79 bits per heavy atom. The fourth-order valence-corrected chi connectivity index (χ4v) is 4.12. The van der Waals surface area contributed by atoms with Crippen molar-refractivity contribution in [3.05, 3.63) is 51.4 Å². The summed E-state index contributed by atoms with van der Waals surface area (Å²) in [7, 11) is 6.42. The van der Waals surface area contributed by atoms with Gasteiger partial charge in [-0.15, -0.1) is 0 Å². The number of aromatic nitrogens is 2. The van der Waals surface area contributed by atoms with Crippen molar-refractivity contribution >= 4 is 5.95 Å². The summed E-state index contributed by atoms with van der Waals surface area (Å²) in [5, 5.41) is 3.40. The highest BCUT2D eigenvalue weighted by molar-refractivity contribution is 5.41. The second-order valence-electron chi connectivity index (χ2n) is 8.19. The third kappa shape index (κ3) is 3.64. The molecule has 28 heavy (non-hydrogen) atoms. The van der Waals surface area contributed by atoms with Crippen LogP contribution in [0.15, 0.2) is 29.1 Å². The number of hydrogen-bond donors (Lipinski definition) is 2. The van der Waals surface area contributed by atoms with Gasteiger partial charge in [0, 0.05) is 24.1 Å². The van der Waals surface area contributed by atoms with E-state index in [2.05, 4.69) is 46.2 Å². The molecule has 2 N–H and O–H groups in total. The minimum Gasteiger partial charge on any atom is -0.487 e. The third-order valence-electron chi connectivity index (χ3n) is 6.26. The van der Waals surface area contributed by atoms with Crippen LogP contribution in [0.25, 0.3) is 0 Å². The molecular formula is C21H29N5O2. The van der Waals surface area contributed by atoms with Crippen LogP contribution in [0.5, 0.6) is 5.75 Å². The lowest BCUT2D eigenvalue weighted by molar-refractivity contribution is 0.0772. The smallest absolute Gasteiger partial charge is 0.256 e. The van der Waals surface area contributed by atoms with Gasteiger partial charge in [-0.1, -0.05) is 18.2 Å². The van der Waals surface area contributed by atoms with Gasteiger partial charge in [-0.05, 0) is 58.7 Å². The third-order valence-corrected chi connectivity index (χ3v) is 6.26. The van der Waals surface area contributed by atoms with Gasteiger partial charge >= 0.3 is 0 Å². The molecule has 4 rings (SSSR count). The van der Waals surface area contributed by atoms with Crippen molar-refractivity contribution in [2.24, 2.45) is 0 Å². The fourth-order valence-electron chi connectivity index (χ4n) is 4.12. The predicted octanol–water partition coefficient (Wildman–Crippen LogP) is 1.69. The van der Waals surface area contributed by atoms with Crippen molar-refractivity contribution in [3.8, 4) is 5.75 Å². The van der Waals surface area contributed by atoms with E-state index in [4.69, 9.17) is 4.74 Å². The summed E-state index contributed by atoms with van der Waals surface area (Å²) in [6.45, 7) is 3.20. The molecule has 150 valence electrons. The molecule has 0 atom stereocenters. The molecule has 0 bridgehead atoms. The SMILES string of the molecule is CN1CCC(CNc2nc3c(c(=O)[nH]2)Cc2ccccc2OC3)(N(C)C)CC1. The lowest BCUT2D eigenvalue weighted by Crippen LogP contribution is -2.56. The summed E-state index contributed by atoms with van der Waals surface area (Å²) >= 11 is 0. The van der Waals surface area contributed by atoms with E-state index in [0.717, 1.165) is 43.8 Å². The highest BCUT2D eigenvalue weighted by atomic mass is 16.5. The number of fused-ring (bicyclic) bond motifs is 2. The zero-order valence-electron chi connectivity index (χ0n) is 16.9. The summed E-state index contributed by atoms with van der Waals surface area (Å²) in [6.07, 6.45) is 2.70. The Kier molecular flexibility index (Phi) is 5.12. The van der Waals surface area contributed by atoms with Gasteiger partial charge in [0.1, 0.15) is 12.4 Å². The summed E-state index contributed by atoms with van der Waals surface area (Å²) in [6, 6.07) is 7.85. The van der Waals surface area contributed by atoms with Crippen LogP contribution in [0.2, 0.25) is 0 Å². The fraction of sp³-hybridized carbons (Fsp3) is 0.524. The number of aromatic amines is 1. The number of nitrogens with zero attached hydrogens (tertiary/aromatic N) is 3. The number of H-pyrrole nitrogens is 1. The van der Waals surface area contributed by atoms with Crippen LogP contribution in [0, 0.1) is 0 Å². The highest BCUT2D eigenvalue weighted by Crippen LogP contribution is 2.28. The summed E-state index contributed by atoms with van der Waals surface area (Å²) in [5.74, 6) is 1.35. The van der Waals surface area contributed by atoms with E-state index in [9.17, 15) is 4.79 Å². The first-order valence-electron chi connectivity index (χ1n) is 9.89. The number of nitrogens with one attached hydrogen (secondary N) is 2. The van der Waals surface area contributed by atoms with Crippen molar-refractivity contribution in [2.75, 3.05) is 46.1 Å². The van der Waals surface area contributed by atoms with Crippen LogP contribution in [0.4, 0.5) is 5.95 Å². The summed E-state index contributed by atoms with van der Waals surface area (Å²) < 4.78 is 5.89. The maximum Gasteiger partial charge on any atom is 0.256 e. The van der Waals surface area contributed by atoms with Gasteiger partial charge in [-0.25, -0.2) is 4.98 Å². The van der Waals surface area contributed by atoms with Crippen LogP contribution in [-0.4, -0.2) is 66.1 Å². The zero-order valence-corrected chi connectivity index (χ0v) is 16.9. The lowest BCUT2D eigenvalue weighted by atomic mass is 9.86. The minimum absolute atomic E-state index is 0.0601. The molecule has 0 amide bonds. The van der Waals surface area contributed by atoms with E-state index in [1.807, 2.05) is 24.3 Å². The van der Waals surface area contributed by atoms with E-state index in [-0.39, 0.29) is 11.1 Å². The van der Waals surface area contributed by atoms with Crippen LogP contribution in [0.1, 0.15) is 29.7 Å². The van der Waals surface area contributed by atoms with Gasteiger partial charge in [0.15, 0.2) is 0 Å². The molecule has 1 aromatic heterocycles. The van der Waals surface area contributed by atoms with Crippen molar-refractivity contribution in [3.63, 3.8) is 0 Å². The van der Waals surface area contributed by atoms with E-state index >= 15 is 0 Å². The Morgan fingerprint density at radius 2 is 2.04 bits per heavy atom. The van der Waals surface area contributed by atoms with Crippen LogP contribution in [-0.2, 0) is 13.0 Å². The maximum atomic E-state index is 12.7. The number of rotatable bonds is 4. The lowest BCUT2D eigenvalue weighted by Gasteiger charge is -2.45. The molecule has 0 spiro atoms. The minimum atomic E-state index is -0.0879. The molecule has 0 saturated carbocycles. The molecule has 0 aliphatic carbocycles. The molecule has 7 nitrogen and oxygen atoms in total. The van der Waals surface area contributed by atoms with E-state index in [1.54, 1.807) is 0 Å². The molecule has 2 aromatic rings. The van der Waals surface area contributed by atoms with E-state index in [1.165, 1.54) is 0 Å². The second-order valence-corrected chi connectivity index (χ2v) is 8.19. The van der Waals surface area contributed by atoms with Gasteiger partial charge in [-0.2, -0.15) is 0 Å². The van der Waals surface area contributed by atoms with E-state index < -0.39 is 0 Å². The predicted molar refractivity (Wildman–Crippen MR) is 110 cm³/mol. The Bertz CT molecular complexity index is 900. The van der Waals surface area contributed by atoms with Gasteiger partial charge in [0.05, 0.1) is 5.69 Å². The highest BCUT2D eigenvalue weighted by Gasteiger charge is 2.35. The second kappa shape index (κ2) is 7.56. The average Bonchev–Trinajstić information content (AvgIpc) is 2.88. The van der Waals surface area contributed by atoms with Gasteiger partial charge in [0.2, 0.25) is 5.95 Å². The van der Waals surface area contributed by atoms with Crippen LogP contribution in [0.3, 0.4) is 0 Å². The summed E-state index contributed by atoms with van der Waals surface area (Å²) in [4.78, 5) is 25.0. The molecule has 1 fully saturated rings. The van der Waals surface area contributed by atoms with Crippen molar-refractivity contribution in [1.82, 2.24) is 19.8 Å². The number of hydrogen-bond acceptors (Lipinski definition) is 6. The van der Waals surface area contributed by atoms with Crippen LogP contribution >= 0.6 is 0 Å². The first-order chi connectivity index (χ1) is 13.5. The number of piperidine rings is 1. The largest absolute Gasteiger partial charge is 0.487 e. The molecule has 1 saturated heterocycles. The Hall–Kier alpha value is -2.38. The quantitative estimate of drug-likeness (QED) is 0.837. The normalized spacial score (nSPS) is 18.7. The number of likely N-dealkylation sites (N-methyl/N-ethyl adjacent to an activating group) is 1.